The Morgan fingerprint density at radius 3 is 2.50 bits per heavy atom. The largest absolute Gasteiger partial charge is 0.494 e. The highest BCUT2D eigenvalue weighted by atomic mass is 32.2. The van der Waals surface area contributed by atoms with Crippen molar-refractivity contribution in [1.29, 1.82) is 0 Å². The number of rotatable bonds is 2. The predicted molar refractivity (Wildman–Crippen MR) is 78.6 cm³/mol. The lowest BCUT2D eigenvalue weighted by atomic mass is 10.1. The molecule has 1 fully saturated rings. The van der Waals surface area contributed by atoms with Crippen LogP contribution in [-0.2, 0) is 19.2 Å². The highest BCUT2D eigenvalue weighted by Gasteiger charge is 2.45. The van der Waals surface area contributed by atoms with Gasteiger partial charge in [-0.1, -0.05) is 0 Å². The Hall–Kier alpha value is -1.94. The Balaban J connectivity index is 2.46. The summed E-state index contributed by atoms with van der Waals surface area (Å²) in [5.41, 5.74) is -0.955. The molecule has 0 bridgehead atoms. The molecule has 0 saturated carbocycles. The second-order valence-electron chi connectivity index (χ2n) is 6.05. The molecule has 7 nitrogen and oxygen atoms in total. The minimum Gasteiger partial charge on any atom is -0.494 e. The molecule has 1 atom stereocenters. The Kier molecular flexibility index (Phi) is 4.73. The molecule has 0 aliphatic carbocycles. The number of nitrogens with zero attached hydrogens (tertiary/aromatic N) is 1. The molecule has 134 valence electrons. The molecule has 1 saturated heterocycles. The maximum Gasteiger partial charge on any atom is 0.426 e. The lowest BCUT2D eigenvalue weighted by Crippen LogP contribution is -2.39. The lowest BCUT2D eigenvalue weighted by Gasteiger charge is -2.26. The van der Waals surface area contributed by atoms with Crippen LogP contribution in [-0.4, -0.2) is 38.1 Å². The number of carbonyl (C=O) groups is 1. The first-order chi connectivity index (χ1) is 11.0. The van der Waals surface area contributed by atoms with E-state index in [0.717, 1.165) is 19.2 Å². The molecule has 0 radical (unpaired) electrons. The Morgan fingerprint density at radius 2 is 1.96 bits per heavy atom. The molecule has 1 amide bonds. The third-order valence-corrected chi connectivity index (χ3v) is 4.41. The molecule has 1 aromatic rings. The topological polar surface area (TPSA) is 82.1 Å². The number of hydrogen-bond donors (Lipinski definition) is 0. The SMILES string of the molecule is COc1cc([C@H]2COS(=O)(=O)N2C(=O)OC(C)(C)C)cc(F)c1F. The molecule has 10 heteroatoms. The molecule has 0 aromatic heterocycles. The van der Waals surface area contributed by atoms with Crippen LogP contribution in [0.1, 0.15) is 32.4 Å². The summed E-state index contributed by atoms with van der Waals surface area (Å²) >= 11 is 0. The molecule has 1 aliphatic rings. The van der Waals surface area contributed by atoms with E-state index in [2.05, 4.69) is 4.18 Å². The monoisotopic (exact) mass is 365 g/mol. The minimum atomic E-state index is -4.40. The van der Waals surface area contributed by atoms with Crippen LogP contribution in [0, 0.1) is 11.6 Å². The van der Waals surface area contributed by atoms with Gasteiger partial charge in [0.05, 0.1) is 13.7 Å². The van der Waals surface area contributed by atoms with E-state index in [0.29, 0.717) is 4.31 Å². The van der Waals surface area contributed by atoms with Crippen molar-refractivity contribution in [3.05, 3.63) is 29.3 Å². The fraction of sp³-hybridized carbons (Fsp3) is 0.500. The van der Waals surface area contributed by atoms with E-state index in [4.69, 9.17) is 9.47 Å². The number of methoxy groups -OCH3 is 1. The Labute approximate surface area is 138 Å². The van der Waals surface area contributed by atoms with Crippen molar-refractivity contribution in [1.82, 2.24) is 4.31 Å². The standard InChI is InChI=1S/C14H17F2NO6S/c1-14(2,3)23-13(18)17-10(7-22-24(17,19)20)8-5-9(15)12(16)11(6-8)21-4/h5-6,10H,7H2,1-4H3/t10-/m1/s1. The van der Waals surface area contributed by atoms with Gasteiger partial charge in [0.15, 0.2) is 11.6 Å². The first-order valence-corrected chi connectivity index (χ1v) is 8.27. The van der Waals surface area contributed by atoms with E-state index in [1.54, 1.807) is 20.8 Å². The quantitative estimate of drug-likeness (QED) is 0.801. The van der Waals surface area contributed by atoms with E-state index in [1.807, 2.05) is 0 Å². The zero-order chi connectivity index (χ0) is 18.3. The predicted octanol–water partition coefficient (Wildman–Crippen LogP) is 2.53. The number of hydrogen-bond acceptors (Lipinski definition) is 6. The fourth-order valence-corrected chi connectivity index (χ4v) is 3.24. The molecule has 0 spiro atoms. The fourth-order valence-electron chi connectivity index (χ4n) is 2.11. The van der Waals surface area contributed by atoms with Gasteiger partial charge in [0.2, 0.25) is 5.82 Å². The van der Waals surface area contributed by atoms with Crippen LogP contribution in [0.2, 0.25) is 0 Å². The molecule has 1 aromatic carbocycles. The van der Waals surface area contributed by atoms with Crippen LogP contribution in [0.15, 0.2) is 12.1 Å². The van der Waals surface area contributed by atoms with E-state index in [1.165, 1.54) is 0 Å². The third kappa shape index (κ3) is 3.59. The summed E-state index contributed by atoms with van der Waals surface area (Å²) in [6, 6.07) is 0.684. The van der Waals surface area contributed by atoms with E-state index >= 15 is 0 Å². The molecule has 0 unspecified atom stereocenters. The van der Waals surface area contributed by atoms with Gasteiger partial charge in [-0.3, -0.25) is 4.18 Å². The molecule has 1 aliphatic heterocycles. The van der Waals surface area contributed by atoms with Crippen LogP contribution in [0.25, 0.3) is 0 Å². The van der Waals surface area contributed by atoms with Crippen molar-refractivity contribution < 1.29 is 35.6 Å². The molecule has 0 N–H and O–H groups in total. The summed E-state index contributed by atoms with van der Waals surface area (Å²) in [6.07, 6.45) is -1.17. The summed E-state index contributed by atoms with van der Waals surface area (Å²) in [7, 11) is -3.26. The van der Waals surface area contributed by atoms with Crippen molar-refractivity contribution in [3.63, 3.8) is 0 Å². The van der Waals surface area contributed by atoms with Gasteiger partial charge >= 0.3 is 16.4 Å². The number of amides is 1. The smallest absolute Gasteiger partial charge is 0.426 e. The Bertz CT molecular complexity index is 759. The summed E-state index contributed by atoms with van der Waals surface area (Å²) in [5.74, 6) is -2.87. The van der Waals surface area contributed by atoms with E-state index < -0.39 is 52.0 Å². The van der Waals surface area contributed by atoms with Gasteiger partial charge in [0.1, 0.15) is 11.6 Å². The van der Waals surface area contributed by atoms with Crippen molar-refractivity contribution in [2.45, 2.75) is 32.4 Å². The summed E-state index contributed by atoms with van der Waals surface area (Å²) in [4.78, 5) is 12.2. The second-order valence-corrected chi connectivity index (χ2v) is 7.54. The highest BCUT2D eigenvalue weighted by Crippen LogP contribution is 2.35. The van der Waals surface area contributed by atoms with Gasteiger partial charge in [0, 0.05) is 0 Å². The molecule has 1 heterocycles. The Morgan fingerprint density at radius 1 is 1.33 bits per heavy atom. The average molecular weight is 365 g/mol. The summed E-state index contributed by atoms with van der Waals surface area (Å²) < 4.78 is 66.0. The molecular weight excluding hydrogens is 348 g/mol. The van der Waals surface area contributed by atoms with E-state index in [-0.39, 0.29) is 5.56 Å². The van der Waals surface area contributed by atoms with Gasteiger partial charge in [0.25, 0.3) is 0 Å². The number of benzene rings is 1. The number of ether oxygens (including phenoxy) is 2. The van der Waals surface area contributed by atoms with Gasteiger partial charge in [-0.2, -0.15) is 17.1 Å². The van der Waals surface area contributed by atoms with Crippen LogP contribution < -0.4 is 4.74 Å². The van der Waals surface area contributed by atoms with Crippen LogP contribution in [0.3, 0.4) is 0 Å². The van der Waals surface area contributed by atoms with Crippen molar-refractivity contribution >= 4 is 16.4 Å². The normalized spacial score (nSPS) is 20.1. The van der Waals surface area contributed by atoms with Crippen LogP contribution >= 0.6 is 0 Å². The number of carbonyl (C=O) groups excluding carboxylic acids is 1. The maximum absolute atomic E-state index is 13.7. The number of halogens is 2. The van der Waals surface area contributed by atoms with Gasteiger partial charge < -0.3 is 9.47 Å². The summed E-state index contributed by atoms with van der Waals surface area (Å²) in [5, 5.41) is 0. The minimum absolute atomic E-state index is 0.00214. The van der Waals surface area contributed by atoms with Crippen LogP contribution in [0.5, 0.6) is 5.75 Å². The maximum atomic E-state index is 13.7. The first-order valence-electron chi connectivity index (χ1n) is 6.91. The first kappa shape index (κ1) is 18.4. The average Bonchev–Trinajstić information content (AvgIpc) is 2.75. The molecule has 2 rings (SSSR count). The highest BCUT2D eigenvalue weighted by molar-refractivity contribution is 7.85. The zero-order valence-corrected chi connectivity index (χ0v) is 14.3. The van der Waals surface area contributed by atoms with Gasteiger partial charge in [-0.25, -0.2) is 9.18 Å². The van der Waals surface area contributed by atoms with Crippen molar-refractivity contribution in [2.24, 2.45) is 0 Å². The van der Waals surface area contributed by atoms with Crippen molar-refractivity contribution in [3.8, 4) is 5.75 Å². The third-order valence-electron chi connectivity index (χ3n) is 3.09. The van der Waals surface area contributed by atoms with E-state index in [9.17, 15) is 22.0 Å². The summed E-state index contributed by atoms with van der Waals surface area (Å²) in [6.45, 7) is 4.23. The van der Waals surface area contributed by atoms with Gasteiger partial charge in [-0.05, 0) is 38.5 Å². The van der Waals surface area contributed by atoms with Crippen LogP contribution in [0.4, 0.5) is 13.6 Å². The van der Waals surface area contributed by atoms with Crippen molar-refractivity contribution in [2.75, 3.05) is 13.7 Å². The zero-order valence-electron chi connectivity index (χ0n) is 13.5. The second kappa shape index (κ2) is 6.17. The molecule has 24 heavy (non-hydrogen) atoms. The lowest BCUT2D eigenvalue weighted by molar-refractivity contribution is 0.0355. The molecular formula is C14H17F2NO6S. The van der Waals surface area contributed by atoms with Gasteiger partial charge in [-0.15, -0.1) is 0 Å².